The number of hydrogen-bond donors (Lipinski definition) is 1. The average Bonchev–Trinajstić information content (AvgIpc) is 3.11. The van der Waals surface area contributed by atoms with E-state index < -0.39 is 5.76 Å². The zero-order valence-electron chi connectivity index (χ0n) is 14.0. The first kappa shape index (κ1) is 15.4. The predicted octanol–water partition coefficient (Wildman–Crippen LogP) is 1.51. The molecule has 6 heteroatoms. The van der Waals surface area contributed by atoms with E-state index in [9.17, 15) is 9.59 Å². The van der Waals surface area contributed by atoms with E-state index in [1.54, 1.807) is 6.07 Å². The Morgan fingerprint density at radius 2 is 2.25 bits per heavy atom. The number of benzene rings is 1. The molecule has 1 amide bonds. The standard InChI is InChI=1S/C18H23N3O3/c1-13-3-4-15-14(9-13)21(17(23)24-15)10-16(22)20-8-6-18(12-20)5-2-7-19-11-18/h3-4,9,19H,2,5-8,10-12H2,1H3/t18-/m1/s1. The van der Waals surface area contributed by atoms with Crippen LogP contribution < -0.4 is 11.1 Å². The Kier molecular flexibility index (Phi) is 3.72. The number of oxazole rings is 1. The van der Waals surface area contributed by atoms with Crippen molar-refractivity contribution in [1.82, 2.24) is 14.8 Å². The quantitative estimate of drug-likeness (QED) is 0.907. The fourth-order valence-corrected chi connectivity index (χ4v) is 4.08. The summed E-state index contributed by atoms with van der Waals surface area (Å²) in [5, 5.41) is 3.45. The SMILES string of the molecule is Cc1ccc2oc(=O)n(CC(=O)N3CC[C@@]4(CCCNC4)C3)c2c1. The summed E-state index contributed by atoms with van der Waals surface area (Å²) in [6, 6.07) is 5.58. The van der Waals surface area contributed by atoms with Crippen molar-refractivity contribution in [3.63, 3.8) is 0 Å². The third-order valence-corrected chi connectivity index (χ3v) is 5.47. The number of rotatable bonds is 2. The second-order valence-electron chi connectivity index (χ2n) is 7.27. The van der Waals surface area contributed by atoms with Gasteiger partial charge in [-0.3, -0.25) is 9.36 Å². The van der Waals surface area contributed by atoms with Gasteiger partial charge in [0.2, 0.25) is 5.91 Å². The van der Waals surface area contributed by atoms with Gasteiger partial charge in [-0.05, 0) is 50.4 Å². The Morgan fingerprint density at radius 1 is 1.38 bits per heavy atom. The minimum atomic E-state index is -0.461. The van der Waals surface area contributed by atoms with Gasteiger partial charge in [-0.1, -0.05) is 6.07 Å². The Morgan fingerprint density at radius 3 is 3.04 bits per heavy atom. The van der Waals surface area contributed by atoms with Crippen LogP contribution in [0.3, 0.4) is 0 Å². The van der Waals surface area contributed by atoms with Crippen molar-refractivity contribution in [2.24, 2.45) is 5.41 Å². The van der Waals surface area contributed by atoms with Gasteiger partial charge in [-0.25, -0.2) is 4.79 Å². The summed E-state index contributed by atoms with van der Waals surface area (Å²) in [5.41, 5.74) is 2.50. The van der Waals surface area contributed by atoms with E-state index in [0.29, 0.717) is 11.1 Å². The molecule has 4 rings (SSSR count). The Labute approximate surface area is 140 Å². The molecule has 2 fully saturated rings. The summed E-state index contributed by atoms with van der Waals surface area (Å²) >= 11 is 0. The van der Waals surface area contributed by atoms with Crippen molar-refractivity contribution in [3.05, 3.63) is 34.3 Å². The lowest BCUT2D eigenvalue weighted by molar-refractivity contribution is -0.131. The monoisotopic (exact) mass is 329 g/mol. The van der Waals surface area contributed by atoms with Gasteiger partial charge in [-0.2, -0.15) is 0 Å². The third-order valence-electron chi connectivity index (χ3n) is 5.47. The molecule has 3 heterocycles. The molecule has 2 saturated heterocycles. The second-order valence-corrected chi connectivity index (χ2v) is 7.27. The first-order valence-corrected chi connectivity index (χ1v) is 8.65. The Hall–Kier alpha value is -2.08. The van der Waals surface area contributed by atoms with Gasteiger partial charge in [0.25, 0.3) is 0 Å². The van der Waals surface area contributed by atoms with E-state index in [1.807, 2.05) is 24.0 Å². The number of nitrogens with one attached hydrogen (secondary N) is 1. The molecule has 1 spiro atoms. The van der Waals surface area contributed by atoms with Crippen LogP contribution in [0.1, 0.15) is 24.8 Å². The van der Waals surface area contributed by atoms with Crippen LogP contribution in [-0.2, 0) is 11.3 Å². The minimum Gasteiger partial charge on any atom is -0.408 e. The van der Waals surface area contributed by atoms with Crippen molar-refractivity contribution in [3.8, 4) is 0 Å². The van der Waals surface area contributed by atoms with Crippen LogP contribution >= 0.6 is 0 Å². The maximum absolute atomic E-state index is 12.7. The van der Waals surface area contributed by atoms with Gasteiger partial charge in [0.1, 0.15) is 6.54 Å². The summed E-state index contributed by atoms with van der Waals surface area (Å²) < 4.78 is 6.71. The van der Waals surface area contributed by atoms with Gasteiger partial charge < -0.3 is 14.6 Å². The number of aryl methyl sites for hydroxylation is 1. The smallest absolute Gasteiger partial charge is 0.408 e. The maximum Gasteiger partial charge on any atom is 0.420 e. The maximum atomic E-state index is 12.7. The molecule has 1 aromatic carbocycles. The molecule has 2 aromatic rings. The van der Waals surface area contributed by atoms with Crippen LogP contribution in [0.15, 0.2) is 27.4 Å². The number of amides is 1. The Bertz CT molecular complexity index is 830. The fourth-order valence-electron chi connectivity index (χ4n) is 4.08. The molecule has 2 aliphatic rings. The predicted molar refractivity (Wildman–Crippen MR) is 90.9 cm³/mol. The number of nitrogens with zero attached hydrogens (tertiary/aromatic N) is 2. The normalized spacial score (nSPS) is 24.1. The highest BCUT2D eigenvalue weighted by molar-refractivity contribution is 5.80. The summed E-state index contributed by atoms with van der Waals surface area (Å²) in [5.74, 6) is -0.457. The second kappa shape index (κ2) is 5.77. The number of likely N-dealkylation sites (tertiary alicyclic amines) is 1. The molecule has 0 aliphatic carbocycles. The fraction of sp³-hybridized carbons (Fsp3) is 0.556. The average molecular weight is 329 g/mol. The molecule has 128 valence electrons. The molecule has 0 saturated carbocycles. The molecule has 1 aromatic heterocycles. The van der Waals surface area contributed by atoms with Crippen molar-refractivity contribution in [1.29, 1.82) is 0 Å². The first-order chi connectivity index (χ1) is 11.6. The lowest BCUT2D eigenvalue weighted by Crippen LogP contribution is -2.43. The highest BCUT2D eigenvalue weighted by atomic mass is 16.4. The number of hydrogen-bond acceptors (Lipinski definition) is 4. The lowest BCUT2D eigenvalue weighted by Gasteiger charge is -2.33. The van der Waals surface area contributed by atoms with Gasteiger partial charge in [0.05, 0.1) is 5.52 Å². The van der Waals surface area contributed by atoms with Gasteiger partial charge in [0, 0.05) is 25.0 Å². The van der Waals surface area contributed by atoms with Crippen molar-refractivity contribution in [2.75, 3.05) is 26.2 Å². The van der Waals surface area contributed by atoms with E-state index in [-0.39, 0.29) is 17.9 Å². The van der Waals surface area contributed by atoms with Crippen LogP contribution in [0.2, 0.25) is 0 Å². The van der Waals surface area contributed by atoms with E-state index in [2.05, 4.69) is 5.32 Å². The van der Waals surface area contributed by atoms with Crippen LogP contribution in [0, 0.1) is 12.3 Å². The van der Waals surface area contributed by atoms with Crippen LogP contribution in [0.25, 0.3) is 11.1 Å². The molecule has 0 bridgehead atoms. The summed E-state index contributed by atoms with van der Waals surface area (Å²) in [4.78, 5) is 26.7. The zero-order chi connectivity index (χ0) is 16.7. The molecule has 0 unspecified atom stereocenters. The topological polar surface area (TPSA) is 67.5 Å². The molecular weight excluding hydrogens is 306 g/mol. The lowest BCUT2D eigenvalue weighted by atomic mass is 9.80. The van der Waals surface area contributed by atoms with Crippen molar-refractivity contribution >= 4 is 17.0 Å². The molecule has 0 radical (unpaired) electrons. The number of aromatic nitrogens is 1. The Balaban J connectivity index is 1.54. The highest BCUT2D eigenvalue weighted by Gasteiger charge is 2.40. The van der Waals surface area contributed by atoms with Crippen LogP contribution in [0.4, 0.5) is 0 Å². The summed E-state index contributed by atoms with van der Waals surface area (Å²) in [7, 11) is 0. The van der Waals surface area contributed by atoms with E-state index in [4.69, 9.17) is 4.42 Å². The largest absolute Gasteiger partial charge is 0.420 e. The van der Waals surface area contributed by atoms with Crippen LogP contribution in [-0.4, -0.2) is 41.6 Å². The molecular formula is C18H23N3O3. The van der Waals surface area contributed by atoms with Crippen LogP contribution in [0.5, 0.6) is 0 Å². The van der Waals surface area contributed by atoms with Gasteiger partial charge in [-0.15, -0.1) is 0 Å². The highest BCUT2D eigenvalue weighted by Crippen LogP contribution is 2.36. The summed E-state index contributed by atoms with van der Waals surface area (Å²) in [6.07, 6.45) is 3.40. The van der Waals surface area contributed by atoms with E-state index in [1.165, 1.54) is 17.4 Å². The van der Waals surface area contributed by atoms with E-state index in [0.717, 1.165) is 38.2 Å². The molecule has 1 N–H and O–H groups in total. The molecule has 2 aliphatic heterocycles. The molecule has 24 heavy (non-hydrogen) atoms. The number of carbonyl (C=O) groups is 1. The van der Waals surface area contributed by atoms with Crippen molar-refractivity contribution < 1.29 is 9.21 Å². The third kappa shape index (κ3) is 2.65. The molecule has 6 nitrogen and oxygen atoms in total. The minimum absolute atomic E-state index is 0.00348. The number of fused-ring (bicyclic) bond motifs is 1. The number of carbonyl (C=O) groups excluding carboxylic acids is 1. The van der Waals surface area contributed by atoms with Gasteiger partial charge >= 0.3 is 5.76 Å². The van der Waals surface area contributed by atoms with Crippen molar-refractivity contribution in [2.45, 2.75) is 32.7 Å². The van der Waals surface area contributed by atoms with Gasteiger partial charge in [0.15, 0.2) is 5.58 Å². The molecule has 1 atom stereocenters. The summed E-state index contributed by atoms with van der Waals surface area (Å²) in [6.45, 7) is 5.66. The number of piperidine rings is 1. The van der Waals surface area contributed by atoms with E-state index >= 15 is 0 Å². The first-order valence-electron chi connectivity index (χ1n) is 8.65. The zero-order valence-corrected chi connectivity index (χ0v) is 14.0.